The van der Waals surface area contributed by atoms with E-state index >= 15 is 0 Å². The van der Waals surface area contributed by atoms with E-state index in [0.29, 0.717) is 0 Å². The number of rotatable bonds is 6. The first kappa shape index (κ1) is 19.5. The Morgan fingerprint density at radius 2 is 1.84 bits per heavy atom. The first-order valence-corrected chi connectivity index (χ1v) is 9.07. The lowest BCUT2D eigenvalue weighted by atomic mass is 10.1. The number of hydrogen-bond acceptors (Lipinski definition) is 3. The summed E-state index contributed by atoms with van der Waals surface area (Å²) >= 11 is 5.48. The third-order valence-corrected chi connectivity index (χ3v) is 4.98. The number of nitrogens with zero attached hydrogens (tertiary/aromatic N) is 1. The van der Waals surface area contributed by atoms with E-state index in [1.165, 1.54) is 11.1 Å². The van der Waals surface area contributed by atoms with Crippen LogP contribution in [0.25, 0.3) is 0 Å². The number of thiocarbonyl (C=S) groups is 1. The lowest BCUT2D eigenvalue weighted by Gasteiger charge is -2.34. The molecule has 0 aromatic heterocycles. The van der Waals surface area contributed by atoms with Gasteiger partial charge >= 0.3 is 0 Å². The molecule has 0 atom stereocenters. The molecule has 1 aromatic carbocycles. The third-order valence-electron chi connectivity index (χ3n) is 4.58. The number of ether oxygens (including phenoxy) is 2. The van der Waals surface area contributed by atoms with Crippen molar-refractivity contribution >= 4 is 17.3 Å². The second kappa shape index (κ2) is 9.06. The molecule has 1 aromatic rings. The highest BCUT2D eigenvalue weighted by Crippen LogP contribution is 2.29. The van der Waals surface area contributed by atoms with Crippen molar-refractivity contribution in [2.75, 3.05) is 46.9 Å². The molecule has 1 fully saturated rings. The predicted molar refractivity (Wildman–Crippen MR) is 106 cm³/mol. The highest BCUT2D eigenvalue weighted by Gasteiger charge is 2.22. The maximum absolute atomic E-state index is 5.48. The molecular formula is C19H30N3O2S+. The zero-order valence-electron chi connectivity index (χ0n) is 15.8. The lowest BCUT2D eigenvalue weighted by molar-refractivity contribution is -0.917. The maximum Gasteiger partial charge on any atom is 0.169 e. The summed E-state index contributed by atoms with van der Waals surface area (Å²) in [6, 6.07) is 4.16. The number of methoxy groups -OCH3 is 2. The summed E-state index contributed by atoms with van der Waals surface area (Å²) in [7, 11) is 3.35. The molecule has 1 aliphatic heterocycles. The van der Waals surface area contributed by atoms with Crippen LogP contribution < -0.4 is 19.7 Å². The van der Waals surface area contributed by atoms with Gasteiger partial charge in [-0.15, -0.1) is 0 Å². The first-order chi connectivity index (χ1) is 11.9. The van der Waals surface area contributed by atoms with Gasteiger partial charge in [0.25, 0.3) is 0 Å². The van der Waals surface area contributed by atoms with E-state index in [-0.39, 0.29) is 0 Å². The third kappa shape index (κ3) is 5.34. The predicted octanol–water partition coefficient (Wildman–Crippen LogP) is 1.16. The molecule has 0 aliphatic carbocycles. The van der Waals surface area contributed by atoms with Gasteiger partial charge in [-0.25, -0.2) is 0 Å². The molecule has 1 saturated heterocycles. The second-order valence-corrected chi connectivity index (χ2v) is 7.05. The molecule has 25 heavy (non-hydrogen) atoms. The summed E-state index contributed by atoms with van der Waals surface area (Å²) in [4.78, 5) is 3.82. The van der Waals surface area contributed by atoms with Crippen LogP contribution in [0, 0.1) is 6.92 Å². The molecule has 2 rings (SSSR count). The Morgan fingerprint density at radius 3 is 2.40 bits per heavy atom. The van der Waals surface area contributed by atoms with Gasteiger partial charge in [0.05, 0.1) is 40.4 Å². The SMILES string of the molecule is C=C(C)CNC(=S)N1CC[NH+](Cc2cc(OC)c(OC)cc2C)CC1. The molecule has 0 radical (unpaired) electrons. The minimum atomic E-state index is 0.747. The molecule has 2 N–H and O–H groups in total. The molecule has 138 valence electrons. The topological polar surface area (TPSA) is 38.2 Å². The second-order valence-electron chi connectivity index (χ2n) is 6.66. The number of quaternary nitrogens is 1. The van der Waals surface area contributed by atoms with Gasteiger partial charge in [0.15, 0.2) is 16.6 Å². The molecule has 0 bridgehead atoms. The van der Waals surface area contributed by atoms with Crippen LogP contribution in [0.3, 0.4) is 0 Å². The minimum absolute atomic E-state index is 0.747. The fourth-order valence-corrected chi connectivity index (χ4v) is 3.28. The number of benzene rings is 1. The molecule has 6 heteroatoms. The van der Waals surface area contributed by atoms with E-state index in [2.05, 4.69) is 35.9 Å². The Morgan fingerprint density at radius 1 is 1.24 bits per heavy atom. The molecule has 0 saturated carbocycles. The largest absolute Gasteiger partial charge is 0.493 e. The van der Waals surface area contributed by atoms with Crippen LogP contribution in [0.5, 0.6) is 11.5 Å². The van der Waals surface area contributed by atoms with Crippen LogP contribution >= 0.6 is 12.2 Å². The molecule has 1 aliphatic rings. The molecule has 0 unspecified atom stereocenters. The molecular weight excluding hydrogens is 334 g/mol. The number of hydrogen-bond donors (Lipinski definition) is 2. The average Bonchev–Trinajstić information content (AvgIpc) is 2.61. The van der Waals surface area contributed by atoms with Crippen molar-refractivity contribution in [1.29, 1.82) is 0 Å². The van der Waals surface area contributed by atoms with Gasteiger partial charge < -0.3 is 24.6 Å². The monoisotopic (exact) mass is 364 g/mol. The van der Waals surface area contributed by atoms with Crippen LogP contribution in [-0.4, -0.2) is 57.0 Å². The van der Waals surface area contributed by atoms with Crippen LogP contribution in [-0.2, 0) is 6.54 Å². The van der Waals surface area contributed by atoms with Gasteiger partial charge in [0.1, 0.15) is 6.54 Å². The van der Waals surface area contributed by atoms with Gasteiger partial charge in [-0.1, -0.05) is 12.2 Å². The molecule has 1 heterocycles. The summed E-state index contributed by atoms with van der Waals surface area (Å²) in [6.07, 6.45) is 0. The molecule has 0 spiro atoms. The molecule has 5 nitrogen and oxygen atoms in total. The summed E-state index contributed by atoms with van der Waals surface area (Å²) in [5.41, 5.74) is 3.64. The number of aryl methyl sites for hydroxylation is 1. The average molecular weight is 365 g/mol. The highest BCUT2D eigenvalue weighted by atomic mass is 32.1. The highest BCUT2D eigenvalue weighted by molar-refractivity contribution is 7.80. The van der Waals surface area contributed by atoms with E-state index in [1.807, 2.05) is 6.92 Å². The van der Waals surface area contributed by atoms with Crippen LogP contribution in [0.4, 0.5) is 0 Å². The van der Waals surface area contributed by atoms with Gasteiger partial charge in [0.2, 0.25) is 0 Å². The fourth-order valence-electron chi connectivity index (χ4n) is 3.02. The van der Waals surface area contributed by atoms with Crippen LogP contribution in [0.2, 0.25) is 0 Å². The van der Waals surface area contributed by atoms with Crippen molar-refractivity contribution in [3.8, 4) is 11.5 Å². The van der Waals surface area contributed by atoms with Gasteiger partial charge in [-0.3, -0.25) is 0 Å². The first-order valence-electron chi connectivity index (χ1n) is 8.66. The minimum Gasteiger partial charge on any atom is -0.493 e. The van der Waals surface area contributed by atoms with Crippen LogP contribution in [0.1, 0.15) is 18.1 Å². The lowest BCUT2D eigenvalue weighted by Crippen LogP contribution is -3.13. The van der Waals surface area contributed by atoms with Gasteiger partial charge in [0, 0.05) is 12.1 Å². The summed E-state index contributed by atoms with van der Waals surface area (Å²) in [6.45, 7) is 13.9. The van der Waals surface area contributed by atoms with Crippen molar-refractivity contribution in [1.82, 2.24) is 10.2 Å². The summed E-state index contributed by atoms with van der Waals surface area (Å²) in [5.74, 6) is 1.59. The zero-order valence-corrected chi connectivity index (χ0v) is 16.6. The Bertz CT molecular complexity index is 625. The Balaban J connectivity index is 1.92. The fraction of sp³-hybridized carbons (Fsp3) is 0.526. The van der Waals surface area contributed by atoms with E-state index < -0.39 is 0 Å². The van der Waals surface area contributed by atoms with Crippen molar-refractivity contribution in [2.45, 2.75) is 20.4 Å². The number of nitrogens with one attached hydrogen (secondary N) is 2. The van der Waals surface area contributed by atoms with E-state index in [1.54, 1.807) is 19.1 Å². The van der Waals surface area contributed by atoms with Crippen molar-refractivity contribution < 1.29 is 14.4 Å². The normalized spacial score (nSPS) is 15.0. The zero-order chi connectivity index (χ0) is 18.4. The van der Waals surface area contributed by atoms with Gasteiger partial charge in [-0.2, -0.15) is 0 Å². The van der Waals surface area contributed by atoms with Crippen molar-refractivity contribution in [2.24, 2.45) is 0 Å². The van der Waals surface area contributed by atoms with E-state index in [4.69, 9.17) is 21.7 Å². The quantitative estimate of drug-likeness (QED) is 0.585. The number of piperazine rings is 1. The molecule has 0 amide bonds. The Labute approximate surface area is 156 Å². The Kier molecular flexibility index (Phi) is 7.08. The Hall–Kier alpha value is -1.79. The van der Waals surface area contributed by atoms with E-state index in [9.17, 15) is 0 Å². The maximum atomic E-state index is 5.48. The summed E-state index contributed by atoms with van der Waals surface area (Å²) < 4.78 is 10.8. The van der Waals surface area contributed by atoms with Gasteiger partial charge in [-0.05, 0) is 43.8 Å². The van der Waals surface area contributed by atoms with Crippen molar-refractivity contribution in [3.05, 3.63) is 35.4 Å². The van der Waals surface area contributed by atoms with Crippen molar-refractivity contribution in [3.63, 3.8) is 0 Å². The van der Waals surface area contributed by atoms with E-state index in [0.717, 1.165) is 61.5 Å². The van der Waals surface area contributed by atoms with Crippen LogP contribution in [0.15, 0.2) is 24.3 Å². The summed E-state index contributed by atoms with van der Waals surface area (Å²) in [5, 5.41) is 4.11. The standard InChI is InChI=1S/C19H29N3O2S/c1-14(2)12-20-19(25)22-8-6-21(7-9-22)13-16-11-18(24-5)17(23-4)10-15(16)3/h10-11H,1,6-9,12-13H2,2-5H3,(H,20,25)/p+1. The smallest absolute Gasteiger partial charge is 0.169 e.